The van der Waals surface area contributed by atoms with Crippen molar-refractivity contribution in [2.75, 3.05) is 18.1 Å². The van der Waals surface area contributed by atoms with Crippen LogP contribution in [0.2, 0.25) is 0 Å². The number of aryl methyl sites for hydroxylation is 1. The van der Waals surface area contributed by atoms with Gasteiger partial charge >= 0.3 is 5.97 Å². The highest BCUT2D eigenvalue weighted by atomic mass is 32.2. The first-order valence-corrected chi connectivity index (χ1v) is 8.60. The molecule has 0 atom stereocenters. The predicted molar refractivity (Wildman–Crippen MR) is 86.5 cm³/mol. The molecule has 22 heavy (non-hydrogen) atoms. The number of carboxylic acid groups (broad SMARTS) is 1. The first-order chi connectivity index (χ1) is 10.6. The van der Waals surface area contributed by atoms with E-state index < -0.39 is 5.97 Å². The van der Waals surface area contributed by atoms with Crippen LogP contribution in [0.15, 0.2) is 22.6 Å². The summed E-state index contributed by atoms with van der Waals surface area (Å²) < 4.78 is 1.42. The van der Waals surface area contributed by atoms with Gasteiger partial charge in [-0.1, -0.05) is 0 Å². The summed E-state index contributed by atoms with van der Waals surface area (Å²) in [5.41, 5.74) is -0.143. The fourth-order valence-electron chi connectivity index (χ4n) is 1.79. The molecule has 2 aromatic rings. The molecule has 0 aromatic carbocycles. The Labute approximate surface area is 134 Å². The molecule has 0 aliphatic carbocycles. The molecule has 2 heterocycles. The van der Waals surface area contributed by atoms with Crippen LogP contribution in [0.3, 0.4) is 0 Å². The molecule has 9 heteroatoms. The van der Waals surface area contributed by atoms with Gasteiger partial charge in [0, 0.05) is 25.3 Å². The van der Waals surface area contributed by atoms with Gasteiger partial charge in [-0.2, -0.15) is 0 Å². The monoisotopic (exact) mass is 341 g/mol. The molecule has 0 fully saturated rings. The lowest BCUT2D eigenvalue weighted by atomic mass is 10.3. The largest absolute Gasteiger partial charge is 0.481 e. The van der Waals surface area contributed by atoms with Crippen LogP contribution in [-0.2, 0) is 16.1 Å². The van der Waals surface area contributed by atoms with E-state index in [4.69, 9.17) is 5.11 Å². The molecule has 0 aliphatic heterocycles. The van der Waals surface area contributed by atoms with Gasteiger partial charge in [-0.25, -0.2) is 4.98 Å². The van der Waals surface area contributed by atoms with Crippen LogP contribution in [0.5, 0.6) is 0 Å². The van der Waals surface area contributed by atoms with E-state index in [2.05, 4.69) is 10.3 Å². The fourth-order valence-corrected chi connectivity index (χ4v) is 3.07. The molecule has 0 radical (unpaired) electrons. The number of hydrogen-bond acceptors (Lipinski definition) is 6. The van der Waals surface area contributed by atoms with Crippen LogP contribution in [0, 0.1) is 0 Å². The van der Waals surface area contributed by atoms with Crippen LogP contribution in [0.25, 0.3) is 10.2 Å². The van der Waals surface area contributed by atoms with Crippen LogP contribution < -0.4 is 10.9 Å². The summed E-state index contributed by atoms with van der Waals surface area (Å²) in [7, 11) is 0. The number of fused-ring (bicyclic) bond motifs is 1. The summed E-state index contributed by atoms with van der Waals surface area (Å²) in [4.78, 5) is 39.0. The van der Waals surface area contributed by atoms with E-state index in [0.29, 0.717) is 22.5 Å². The van der Waals surface area contributed by atoms with Gasteiger partial charge < -0.3 is 10.4 Å². The normalized spacial score (nSPS) is 10.7. The van der Waals surface area contributed by atoms with Crippen molar-refractivity contribution in [1.29, 1.82) is 0 Å². The molecule has 2 rings (SSSR count). The molecule has 2 aromatic heterocycles. The predicted octanol–water partition coefficient (Wildman–Crippen LogP) is 0.782. The Morgan fingerprint density at radius 3 is 3.05 bits per heavy atom. The number of carboxylic acids is 1. The number of nitrogens with zero attached hydrogens (tertiary/aromatic N) is 2. The van der Waals surface area contributed by atoms with Gasteiger partial charge in [-0.05, 0) is 11.4 Å². The molecule has 2 N–H and O–H groups in total. The summed E-state index contributed by atoms with van der Waals surface area (Å²) in [6.45, 7) is 0.680. The Bertz CT molecular complexity index is 725. The summed E-state index contributed by atoms with van der Waals surface area (Å²) in [6.07, 6.45) is 1.64. The fraction of sp³-hybridized carbons (Fsp3) is 0.385. The second kappa shape index (κ2) is 7.95. The molecule has 0 aliphatic rings. The average Bonchev–Trinajstić information content (AvgIpc) is 2.95. The van der Waals surface area contributed by atoms with Crippen molar-refractivity contribution in [1.82, 2.24) is 14.9 Å². The number of nitrogens with one attached hydrogen (secondary N) is 1. The SMILES string of the molecule is O=C(O)CSCCNC(=O)CCn1cnc2sccc2c1=O. The summed E-state index contributed by atoms with van der Waals surface area (Å²) in [5, 5.41) is 13.5. The maximum Gasteiger partial charge on any atom is 0.313 e. The maximum absolute atomic E-state index is 12.1. The minimum absolute atomic E-state index is 0.0254. The second-order valence-electron chi connectivity index (χ2n) is 4.43. The maximum atomic E-state index is 12.1. The Morgan fingerprint density at radius 2 is 2.27 bits per heavy atom. The van der Waals surface area contributed by atoms with Crippen molar-refractivity contribution in [3.05, 3.63) is 28.1 Å². The van der Waals surface area contributed by atoms with Crippen molar-refractivity contribution in [2.45, 2.75) is 13.0 Å². The smallest absolute Gasteiger partial charge is 0.313 e. The molecule has 0 saturated heterocycles. The number of thiophene rings is 1. The molecule has 0 bridgehead atoms. The molecule has 7 nitrogen and oxygen atoms in total. The first kappa shape index (κ1) is 16.5. The number of rotatable bonds is 8. The molecular weight excluding hydrogens is 326 g/mol. The lowest BCUT2D eigenvalue weighted by Gasteiger charge is -2.06. The molecule has 118 valence electrons. The van der Waals surface area contributed by atoms with E-state index in [1.807, 2.05) is 5.38 Å². The van der Waals surface area contributed by atoms with Crippen molar-refractivity contribution in [3.8, 4) is 0 Å². The number of aliphatic carboxylic acids is 1. The van der Waals surface area contributed by atoms with Gasteiger partial charge in [0.05, 0.1) is 17.5 Å². The third kappa shape index (κ3) is 4.57. The van der Waals surface area contributed by atoms with Crippen LogP contribution in [0.1, 0.15) is 6.42 Å². The Kier molecular flexibility index (Phi) is 5.96. The van der Waals surface area contributed by atoms with E-state index in [0.717, 1.165) is 0 Å². The van der Waals surface area contributed by atoms with Gasteiger partial charge in [-0.15, -0.1) is 23.1 Å². The van der Waals surface area contributed by atoms with Gasteiger partial charge in [0.15, 0.2) is 0 Å². The summed E-state index contributed by atoms with van der Waals surface area (Å²) in [6, 6.07) is 1.73. The van der Waals surface area contributed by atoms with Gasteiger partial charge in [0.25, 0.3) is 5.56 Å². The van der Waals surface area contributed by atoms with E-state index >= 15 is 0 Å². The number of hydrogen-bond donors (Lipinski definition) is 2. The number of carbonyl (C=O) groups is 2. The topological polar surface area (TPSA) is 101 Å². The van der Waals surface area contributed by atoms with Crippen LogP contribution in [-0.4, -0.2) is 44.6 Å². The second-order valence-corrected chi connectivity index (χ2v) is 6.43. The average molecular weight is 341 g/mol. The number of aromatic nitrogens is 2. The van der Waals surface area contributed by atoms with Crippen LogP contribution >= 0.6 is 23.1 Å². The highest BCUT2D eigenvalue weighted by Gasteiger charge is 2.07. The highest BCUT2D eigenvalue weighted by molar-refractivity contribution is 7.99. The molecule has 0 spiro atoms. The summed E-state index contributed by atoms with van der Waals surface area (Å²) in [5.74, 6) is -0.474. The minimum atomic E-state index is -0.868. The Morgan fingerprint density at radius 1 is 1.45 bits per heavy atom. The van der Waals surface area contributed by atoms with Crippen molar-refractivity contribution < 1.29 is 14.7 Å². The zero-order valence-corrected chi connectivity index (χ0v) is 13.3. The lowest BCUT2D eigenvalue weighted by molar-refractivity contribution is -0.133. The zero-order chi connectivity index (χ0) is 15.9. The van der Waals surface area contributed by atoms with Crippen molar-refractivity contribution in [2.24, 2.45) is 0 Å². The van der Waals surface area contributed by atoms with E-state index in [9.17, 15) is 14.4 Å². The van der Waals surface area contributed by atoms with Gasteiger partial charge in [0.2, 0.25) is 5.91 Å². The Hall–Kier alpha value is -1.87. The molecule has 1 amide bonds. The lowest BCUT2D eigenvalue weighted by Crippen LogP contribution is -2.29. The van der Waals surface area contributed by atoms with E-state index in [1.54, 1.807) is 6.07 Å². The quantitative estimate of drug-likeness (QED) is 0.688. The van der Waals surface area contributed by atoms with E-state index in [-0.39, 0.29) is 30.2 Å². The number of thioether (sulfide) groups is 1. The third-order valence-electron chi connectivity index (χ3n) is 2.82. The molecular formula is C13H15N3O4S2. The van der Waals surface area contributed by atoms with E-state index in [1.165, 1.54) is 34.0 Å². The number of amides is 1. The van der Waals surface area contributed by atoms with Crippen molar-refractivity contribution in [3.63, 3.8) is 0 Å². The highest BCUT2D eigenvalue weighted by Crippen LogP contribution is 2.13. The third-order valence-corrected chi connectivity index (χ3v) is 4.59. The van der Waals surface area contributed by atoms with Crippen molar-refractivity contribution >= 4 is 45.2 Å². The Balaban J connectivity index is 1.77. The van der Waals surface area contributed by atoms with Crippen LogP contribution in [0.4, 0.5) is 0 Å². The zero-order valence-electron chi connectivity index (χ0n) is 11.7. The minimum Gasteiger partial charge on any atom is -0.481 e. The standard InChI is InChI=1S/C13H15N3O4S2/c17-10(14-3-6-21-7-11(18)19)1-4-16-8-15-12-9(13(16)20)2-5-22-12/h2,5,8H,1,3-4,6-7H2,(H,14,17)(H,18,19). The molecule has 0 unspecified atom stereocenters. The van der Waals surface area contributed by atoms with Gasteiger partial charge in [-0.3, -0.25) is 19.0 Å². The molecule has 0 saturated carbocycles. The van der Waals surface area contributed by atoms with Gasteiger partial charge in [0.1, 0.15) is 4.83 Å². The number of carbonyl (C=O) groups excluding carboxylic acids is 1. The summed E-state index contributed by atoms with van der Waals surface area (Å²) >= 11 is 2.65. The first-order valence-electron chi connectivity index (χ1n) is 6.57.